The summed E-state index contributed by atoms with van der Waals surface area (Å²) < 4.78 is 4.95. The summed E-state index contributed by atoms with van der Waals surface area (Å²) in [5.74, 6) is 1.94. The molecule has 4 aliphatic rings. The number of aromatic nitrogens is 4. The molecule has 0 unspecified atom stereocenters. The third kappa shape index (κ3) is 4.63. The molecule has 0 fully saturated rings. The fraction of sp³-hybridized carbons (Fsp3) is 0.129. The van der Waals surface area contributed by atoms with Gasteiger partial charge < -0.3 is 0 Å². The molecule has 4 heterocycles. The Morgan fingerprint density at radius 2 is 0.788 bits per heavy atom. The second-order valence-electron chi connectivity index (χ2n) is 19.3. The molecule has 0 radical (unpaired) electrons. The van der Waals surface area contributed by atoms with Gasteiger partial charge in [-0.2, -0.15) is 0 Å². The first-order valence-corrected chi connectivity index (χ1v) is 23.9. The van der Waals surface area contributed by atoms with Gasteiger partial charge in [0.2, 0.25) is 0 Å². The number of benzene rings is 8. The summed E-state index contributed by atoms with van der Waals surface area (Å²) in [5, 5.41) is 11.0. The molecule has 4 aliphatic carbocycles. The minimum Gasteiger partial charge on any atom is -0.293 e. The van der Waals surface area contributed by atoms with Crippen molar-refractivity contribution in [2.45, 2.75) is 51.4 Å². The van der Waals surface area contributed by atoms with Crippen LogP contribution in [0.15, 0.2) is 158 Å². The Balaban J connectivity index is 0.956. The fourth-order valence-corrected chi connectivity index (χ4v) is 13.4. The normalized spacial score (nSPS) is 14.5. The van der Waals surface area contributed by atoms with Gasteiger partial charge in [-0.3, -0.25) is 9.13 Å². The highest BCUT2D eigenvalue weighted by Gasteiger charge is 2.33. The van der Waals surface area contributed by atoms with Gasteiger partial charge in [0.1, 0.15) is 11.6 Å². The molecule has 0 saturated carbocycles. The van der Waals surface area contributed by atoms with Gasteiger partial charge in [0.15, 0.2) is 0 Å². The van der Waals surface area contributed by atoms with Crippen molar-refractivity contribution in [3.8, 4) is 45.0 Å². The van der Waals surface area contributed by atoms with E-state index in [9.17, 15) is 0 Å². The van der Waals surface area contributed by atoms with E-state index < -0.39 is 0 Å². The van der Waals surface area contributed by atoms with Crippen LogP contribution < -0.4 is 0 Å². The topological polar surface area (TPSA) is 35.6 Å². The Labute approximate surface area is 381 Å². The van der Waals surface area contributed by atoms with E-state index in [2.05, 4.69) is 143 Å². The van der Waals surface area contributed by atoms with Gasteiger partial charge in [0.05, 0.1) is 22.1 Å². The molecule has 8 aromatic carbocycles. The average Bonchev–Trinajstić information content (AvgIpc) is 4.16. The van der Waals surface area contributed by atoms with E-state index in [1.54, 1.807) is 0 Å². The van der Waals surface area contributed by atoms with Gasteiger partial charge in [0.25, 0.3) is 0 Å². The number of hydrogen-bond acceptors (Lipinski definition) is 2. The zero-order chi connectivity index (χ0) is 42.8. The lowest BCUT2D eigenvalue weighted by Gasteiger charge is -2.31. The Kier molecular flexibility index (Phi) is 6.95. The van der Waals surface area contributed by atoms with Crippen LogP contribution in [0.25, 0.3) is 110 Å². The number of pyridine rings is 2. The second kappa shape index (κ2) is 12.9. The van der Waals surface area contributed by atoms with Crippen molar-refractivity contribution in [1.82, 2.24) is 19.1 Å². The smallest absolute Gasteiger partial charge is 0.137 e. The van der Waals surface area contributed by atoms with E-state index in [4.69, 9.17) is 9.97 Å². The molecule has 310 valence electrons. The average molecular weight is 843 g/mol. The highest BCUT2D eigenvalue weighted by atomic mass is 15.1. The highest BCUT2D eigenvalue weighted by molar-refractivity contribution is 6.18. The summed E-state index contributed by atoms with van der Waals surface area (Å²) in [6, 6.07) is 55.5. The Bertz CT molecular complexity index is 3860. The summed E-state index contributed by atoms with van der Waals surface area (Å²) in [6.07, 6.45) is 12.4. The molecular formula is C62H42N4. The number of hydrogen-bond donors (Lipinski definition) is 0. The maximum atomic E-state index is 5.04. The molecule has 0 aliphatic heterocycles. The van der Waals surface area contributed by atoms with Gasteiger partial charge in [-0.05, 0) is 211 Å². The maximum Gasteiger partial charge on any atom is 0.137 e. The van der Waals surface area contributed by atoms with Crippen molar-refractivity contribution >= 4 is 65.2 Å². The molecular weight excluding hydrogens is 801 g/mol. The second-order valence-corrected chi connectivity index (χ2v) is 19.3. The van der Waals surface area contributed by atoms with Crippen LogP contribution in [0.3, 0.4) is 0 Å². The van der Waals surface area contributed by atoms with Gasteiger partial charge >= 0.3 is 0 Å². The summed E-state index contributed by atoms with van der Waals surface area (Å²) in [6.45, 7) is 0. The van der Waals surface area contributed by atoms with E-state index in [1.165, 1.54) is 143 Å². The summed E-state index contributed by atoms with van der Waals surface area (Å²) in [7, 11) is 0. The van der Waals surface area contributed by atoms with Crippen LogP contribution in [0.1, 0.15) is 44.5 Å². The van der Waals surface area contributed by atoms with Crippen molar-refractivity contribution in [2.75, 3.05) is 0 Å². The Morgan fingerprint density at radius 1 is 0.333 bits per heavy atom. The van der Waals surface area contributed by atoms with Gasteiger partial charge in [-0.25, -0.2) is 9.97 Å². The first kappa shape index (κ1) is 35.5. The lowest BCUT2D eigenvalue weighted by molar-refractivity contribution is 0.881. The standard InChI is InChI=1S/C62H42N4/c1-3-29-63-55(11-1)65-53-27-21-39(43-23-19-37-15-13-35-7-5-9-45(43)57(35)37)31-49(53)51-33-41-17-18-42-34-52-50-32-40(44-24-20-38-16-14-36-8-6-10-46(44)58(36)38)22-28-54(50)66(56-12-2-4-30-64-56)62(52)48-26-25-47(61(51)65)59(41)60(42)48/h1-12,19-24,27-34H,13-18,25-26H2. The lowest BCUT2D eigenvalue weighted by Crippen LogP contribution is -2.16. The molecule has 66 heavy (non-hydrogen) atoms. The van der Waals surface area contributed by atoms with Crippen molar-refractivity contribution in [2.24, 2.45) is 0 Å². The van der Waals surface area contributed by atoms with Gasteiger partial charge in [-0.15, -0.1) is 0 Å². The predicted molar refractivity (Wildman–Crippen MR) is 272 cm³/mol. The zero-order valence-electron chi connectivity index (χ0n) is 36.5. The lowest BCUT2D eigenvalue weighted by atomic mass is 9.74. The third-order valence-corrected chi connectivity index (χ3v) is 16.1. The SMILES string of the molecule is c1ccc(-n2c3ccc(-c4ccc5c6c(cccc46)CC5)cc3c3cc4c5c(c32)CCc2c-5c(cc3c5cc(-c6ccc7c8c(cccc68)CC7)ccc5n(-c5ccccn5)c23)CC4)nc1. The summed E-state index contributed by atoms with van der Waals surface area (Å²) in [4.78, 5) is 10.1. The van der Waals surface area contributed by atoms with Crippen molar-refractivity contribution in [3.05, 3.63) is 202 Å². The molecule has 4 nitrogen and oxygen atoms in total. The number of fused-ring (bicyclic) bond motifs is 8. The van der Waals surface area contributed by atoms with E-state index >= 15 is 0 Å². The monoisotopic (exact) mass is 842 g/mol. The minimum absolute atomic E-state index is 0.950. The fourth-order valence-electron chi connectivity index (χ4n) is 13.4. The summed E-state index contributed by atoms with van der Waals surface area (Å²) in [5.41, 5.74) is 24.9. The van der Waals surface area contributed by atoms with Crippen molar-refractivity contribution < 1.29 is 0 Å². The van der Waals surface area contributed by atoms with E-state index in [-0.39, 0.29) is 0 Å². The predicted octanol–water partition coefficient (Wildman–Crippen LogP) is 14.4. The molecule has 4 aromatic heterocycles. The van der Waals surface area contributed by atoms with Crippen LogP contribution in [0, 0.1) is 0 Å². The molecule has 0 atom stereocenters. The molecule has 0 spiro atoms. The maximum absolute atomic E-state index is 5.04. The van der Waals surface area contributed by atoms with Crippen LogP contribution in [-0.2, 0) is 51.4 Å². The third-order valence-electron chi connectivity index (χ3n) is 16.1. The van der Waals surface area contributed by atoms with Gasteiger partial charge in [0, 0.05) is 33.9 Å². The number of rotatable bonds is 4. The first-order chi connectivity index (χ1) is 32.7. The molecule has 4 heteroatoms. The van der Waals surface area contributed by atoms with Crippen LogP contribution >= 0.6 is 0 Å². The van der Waals surface area contributed by atoms with Crippen LogP contribution in [-0.4, -0.2) is 19.1 Å². The van der Waals surface area contributed by atoms with Crippen LogP contribution in [0.5, 0.6) is 0 Å². The highest BCUT2D eigenvalue weighted by Crippen LogP contribution is 2.52. The first-order valence-electron chi connectivity index (χ1n) is 23.9. The molecule has 16 rings (SSSR count). The van der Waals surface area contributed by atoms with Gasteiger partial charge in [-0.1, -0.05) is 84.9 Å². The largest absolute Gasteiger partial charge is 0.293 e. The summed E-state index contributed by atoms with van der Waals surface area (Å²) >= 11 is 0. The van der Waals surface area contributed by atoms with E-state index in [0.717, 1.165) is 63.0 Å². The molecule has 12 aromatic rings. The molecule has 0 N–H and O–H groups in total. The van der Waals surface area contributed by atoms with Crippen molar-refractivity contribution in [1.29, 1.82) is 0 Å². The molecule has 0 bridgehead atoms. The Morgan fingerprint density at radius 3 is 1.24 bits per heavy atom. The number of aryl methyl sites for hydroxylation is 8. The van der Waals surface area contributed by atoms with Crippen LogP contribution in [0.2, 0.25) is 0 Å². The molecule has 0 saturated heterocycles. The Hall–Kier alpha value is -7.82. The zero-order valence-corrected chi connectivity index (χ0v) is 36.5. The van der Waals surface area contributed by atoms with E-state index in [0.29, 0.717) is 0 Å². The minimum atomic E-state index is 0.950. The number of nitrogens with zero attached hydrogens (tertiary/aromatic N) is 4. The van der Waals surface area contributed by atoms with Crippen LogP contribution in [0.4, 0.5) is 0 Å². The van der Waals surface area contributed by atoms with Crippen molar-refractivity contribution in [3.63, 3.8) is 0 Å². The quantitative estimate of drug-likeness (QED) is 0.177. The van der Waals surface area contributed by atoms with E-state index in [1.807, 2.05) is 24.5 Å². The molecule has 0 amide bonds.